The molecule has 2 aromatic rings. The fourth-order valence-electron chi connectivity index (χ4n) is 1.57. The van der Waals surface area contributed by atoms with E-state index >= 15 is 0 Å². The standard InChI is InChI=1S/C12H16N4/c1-9(2)6-11-14-12(16-15-11)7-10-4-3-5-13-8-10/h3-5,8-9H,6-7H2,1-2H3,(H,14,15,16). The molecule has 2 rings (SSSR count). The van der Waals surface area contributed by atoms with E-state index in [1.165, 1.54) is 0 Å². The zero-order valence-electron chi connectivity index (χ0n) is 9.64. The molecule has 0 saturated heterocycles. The molecule has 4 heteroatoms. The lowest BCUT2D eigenvalue weighted by molar-refractivity contribution is 0.622. The maximum Gasteiger partial charge on any atom is 0.150 e. The van der Waals surface area contributed by atoms with E-state index in [0.29, 0.717) is 5.92 Å². The monoisotopic (exact) mass is 216 g/mol. The third-order valence-corrected chi connectivity index (χ3v) is 2.26. The van der Waals surface area contributed by atoms with E-state index in [4.69, 9.17) is 0 Å². The van der Waals surface area contributed by atoms with Gasteiger partial charge in [-0.05, 0) is 17.5 Å². The lowest BCUT2D eigenvalue weighted by atomic mass is 10.1. The Morgan fingerprint density at radius 3 is 2.94 bits per heavy atom. The average Bonchev–Trinajstić information content (AvgIpc) is 2.66. The van der Waals surface area contributed by atoms with Gasteiger partial charge in [-0.25, -0.2) is 4.98 Å². The van der Waals surface area contributed by atoms with Gasteiger partial charge in [0, 0.05) is 25.2 Å². The van der Waals surface area contributed by atoms with Gasteiger partial charge in [0.2, 0.25) is 0 Å². The molecular formula is C12H16N4. The van der Waals surface area contributed by atoms with Crippen LogP contribution in [0.1, 0.15) is 31.1 Å². The molecule has 1 N–H and O–H groups in total. The summed E-state index contributed by atoms with van der Waals surface area (Å²) in [5.74, 6) is 2.39. The van der Waals surface area contributed by atoms with Gasteiger partial charge in [0.1, 0.15) is 5.82 Å². The number of aromatic nitrogens is 4. The first-order chi connectivity index (χ1) is 7.74. The molecule has 2 aromatic heterocycles. The van der Waals surface area contributed by atoms with Crippen molar-refractivity contribution in [1.82, 2.24) is 20.2 Å². The molecule has 2 heterocycles. The molecule has 0 aliphatic heterocycles. The number of pyridine rings is 1. The molecular weight excluding hydrogens is 200 g/mol. The van der Waals surface area contributed by atoms with Crippen LogP contribution in [-0.2, 0) is 12.8 Å². The highest BCUT2D eigenvalue weighted by atomic mass is 15.2. The van der Waals surface area contributed by atoms with Crippen molar-refractivity contribution in [3.63, 3.8) is 0 Å². The van der Waals surface area contributed by atoms with E-state index in [1.807, 2.05) is 18.3 Å². The number of nitrogens with one attached hydrogen (secondary N) is 1. The first kappa shape index (κ1) is 10.8. The first-order valence-electron chi connectivity index (χ1n) is 5.53. The molecule has 0 radical (unpaired) electrons. The highest BCUT2D eigenvalue weighted by molar-refractivity contribution is 5.14. The quantitative estimate of drug-likeness (QED) is 0.850. The van der Waals surface area contributed by atoms with E-state index in [0.717, 1.165) is 30.1 Å². The third-order valence-electron chi connectivity index (χ3n) is 2.26. The van der Waals surface area contributed by atoms with Crippen LogP contribution in [0.4, 0.5) is 0 Å². The number of nitrogens with zero attached hydrogens (tertiary/aromatic N) is 3. The number of hydrogen-bond acceptors (Lipinski definition) is 3. The van der Waals surface area contributed by atoms with Crippen LogP contribution in [-0.4, -0.2) is 20.2 Å². The summed E-state index contributed by atoms with van der Waals surface area (Å²) in [4.78, 5) is 8.53. The summed E-state index contributed by atoms with van der Waals surface area (Å²) in [6.07, 6.45) is 5.31. The highest BCUT2D eigenvalue weighted by Crippen LogP contribution is 2.06. The molecule has 0 fully saturated rings. The summed E-state index contributed by atoms with van der Waals surface area (Å²) in [5, 5.41) is 7.17. The van der Waals surface area contributed by atoms with E-state index in [-0.39, 0.29) is 0 Å². The van der Waals surface area contributed by atoms with Gasteiger partial charge in [0.25, 0.3) is 0 Å². The summed E-state index contributed by atoms with van der Waals surface area (Å²) >= 11 is 0. The second-order valence-corrected chi connectivity index (χ2v) is 4.33. The van der Waals surface area contributed by atoms with Crippen molar-refractivity contribution in [3.05, 3.63) is 41.7 Å². The number of aromatic amines is 1. The Kier molecular flexibility index (Phi) is 3.29. The molecule has 16 heavy (non-hydrogen) atoms. The van der Waals surface area contributed by atoms with Gasteiger partial charge in [-0.2, -0.15) is 5.10 Å². The van der Waals surface area contributed by atoms with Crippen LogP contribution in [0.15, 0.2) is 24.5 Å². The van der Waals surface area contributed by atoms with E-state index in [1.54, 1.807) is 6.20 Å². The smallest absolute Gasteiger partial charge is 0.150 e. The minimum atomic E-state index is 0.585. The van der Waals surface area contributed by atoms with Gasteiger partial charge in [0.15, 0.2) is 5.82 Å². The molecule has 0 amide bonds. The molecule has 0 aliphatic carbocycles. The summed E-state index contributed by atoms with van der Waals surface area (Å²) in [5.41, 5.74) is 1.15. The van der Waals surface area contributed by atoms with Crippen molar-refractivity contribution in [2.45, 2.75) is 26.7 Å². The van der Waals surface area contributed by atoms with Crippen molar-refractivity contribution < 1.29 is 0 Å². The van der Waals surface area contributed by atoms with Gasteiger partial charge in [0.05, 0.1) is 0 Å². The van der Waals surface area contributed by atoms with Gasteiger partial charge in [-0.3, -0.25) is 10.1 Å². The fourth-order valence-corrected chi connectivity index (χ4v) is 1.57. The average molecular weight is 216 g/mol. The summed E-state index contributed by atoms with van der Waals surface area (Å²) < 4.78 is 0. The van der Waals surface area contributed by atoms with Crippen LogP contribution in [0.3, 0.4) is 0 Å². The van der Waals surface area contributed by atoms with Crippen molar-refractivity contribution >= 4 is 0 Å². The van der Waals surface area contributed by atoms with Crippen LogP contribution in [0.2, 0.25) is 0 Å². The van der Waals surface area contributed by atoms with Gasteiger partial charge < -0.3 is 0 Å². The summed E-state index contributed by atoms with van der Waals surface area (Å²) in [6, 6.07) is 3.97. The number of H-pyrrole nitrogens is 1. The van der Waals surface area contributed by atoms with Crippen LogP contribution >= 0.6 is 0 Å². The zero-order chi connectivity index (χ0) is 11.4. The predicted molar refractivity (Wildman–Crippen MR) is 62.0 cm³/mol. The Balaban J connectivity index is 2.03. The fraction of sp³-hybridized carbons (Fsp3) is 0.417. The van der Waals surface area contributed by atoms with Gasteiger partial charge >= 0.3 is 0 Å². The van der Waals surface area contributed by atoms with Crippen LogP contribution in [0.5, 0.6) is 0 Å². The number of rotatable bonds is 4. The van der Waals surface area contributed by atoms with Crippen molar-refractivity contribution in [2.24, 2.45) is 5.92 Å². The molecule has 0 bridgehead atoms. The van der Waals surface area contributed by atoms with Crippen molar-refractivity contribution in [2.75, 3.05) is 0 Å². The second-order valence-electron chi connectivity index (χ2n) is 4.33. The second kappa shape index (κ2) is 4.88. The minimum Gasteiger partial charge on any atom is -0.264 e. The molecule has 4 nitrogen and oxygen atoms in total. The number of hydrogen-bond donors (Lipinski definition) is 1. The maximum absolute atomic E-state index is 4.45. The van der Waals surface area contributed by atoms with Crippen LogP contribution in [0.25, 0.3) is 0 Å². The lowest BCUT2D eigenvalue weighted by Crippen LogP contribution is -1.96. The predicted octanol–water partition coefficient (Wildman–Crippen LogP) is 1.99. The summed E-state index contributed by atoms with van der Waals surface area (Å²) in [7, 11) is 0. The molecule has 0 unspecified atom stereocenters. The molecule has 0 aliphatic rings. The normalized spacial score (nSPS) is 10.9. The largest absolute Gasteiger partial charge is 0.264 e. The molecule has 84 valence electrons. The molecule has 0 saturated carbocycles. The van der Waals surface area contributed by atoms with Crippen molar-refractivity contribution in [3.8, 4) is 0 Å². The minimum absolute atomic E-state index is 0.585. The summed E-state index contributed by atoms with van der Waals surface area (Å²) in [6.45, 7) is 4.33. The Morgan fingerprint density at radius 1 is 1.38 bits per heavy atom. The zero-order valence-corrected chi connectivity index (χ0v) is 9.64. The van der Waals surface area contributed by atoms with E-state index in [2.05, 4.69) is 34.0 Å². The Hall–Kier alpha value is -1.71. The van der Waals surface area contributed by atoms with E-state index in [9.17, 15) is 0 Å². The van der Waals surface area contributed by atoms with Crippen LogP contribution in [0, 0.1) is 5.92 Å². The Bertz CT molecular complexity index is 433. The Morgan fingerprint density at radius 2 is 2.25 bits per heavy atom. The highest BCUT2D eigenvalue weighted by Gasteiger charge is 2.05. The van der Waals surface area contributed by atoms with Gasteiger partial charge in [-0.1, -0.05) is 19.9 Å². The topological polar surface area (TPSA) is 54.5 Å². The SMILES string of the molecule is CC(C)Cc1n[nH]c(Cc2cccnc2)n1. The molecule has 0 spiro atoms. The van der Waals surface area contributed by atoms with Gasteiger partial charge in [-0.15, -0.1) is 0 Å². The lowest BCUT2D eigenvalue weighted by Gasteiger charge is -1.97. The maximum atomic E-state index is 4.45. The van der Waals surface area contributed by atoms with Crippen molar-refractivity contribution in [1.29, 1.82) is 0 Å². The van der Waals surface area contributed by atoms with E-state index < -0.39 is 0 Å². The molecule has 0 atom stereocenters. The Labute approximate surface area is 95.1 Å². The van der Waals surface area contributed by atoms with Crippen LogP contribution < -0.4 is 0 Å². The third kappa shape index (κ3) is 2.89. The first-order valence-corrected chi connectivity index (χ1v) is 5.53. The molecule has 0 aromatic carbocycles.